The molecule has 0 radical (unpaired) electrons. The van der Waals surface area contributed by atoms with Crippen molar-refractivity contribution >= 4 is 17.7 Å². The van der Waals surface area contributed by atoms with Gasteiger partial charge in [0, 0.05) is 46.2 Å². The number of carbonyl (C=O) groups excluding carboxylic acids is 2. The molecule has 2 saturated heterocycles. The van der Waals surface area contributed by atoms with E-state index in [0.717, 1.165) is 0 Å². The molecule has 2 heterocycles. The van der Waals surface area contributed by atoms with Crippen LogP contribution in [0.15, 0.2) is 18.2 Å². The normalized spacial score (nSPS) is 27.6. The van der Waals surface area contributed by atoms with Crippen molar-refractivity contribution in [2.75, 3.05) is 32.7 Å². The first-order valence-electron chi connectivity index (χ1n) is 9.16. The van der Waals surface area contributed by atoms with E-state index in [1.54, 1.807) is 33.4 Å². The molecular weight excluding hydrogens is 369 g/mol. The number of rotatable bonds is 5. The van der Waals surface area contributed by atoms with Gasteiger partial charge >= 0.3 is 6.09 Å². The zero-order chi connectivity index (χ0) is 20.4. The minimum absolute atomic E-state index is 0.0355. The Bertz CT molecular complexity index is 734. The van der Waals surface area contributed by atoms with Gasteiger partial charge in [0.2, 0.25) is 5.91 Å². The maximum Gasteiger partial charge on any atom is 0.416 e. The van der Waals surface area contributed by atoms with Crippen molar-refractivity contribution in [2.45, 2.75) is 44.4 Å². The highest BCUT2D eigenvalue weighted by atomic mass is 19.1. The summed E-state index contributed by atoms with van der Waals surface area (Å²) in [5.41, 5.74) is 0.866. The van der Waals surface area contributed by atoms with E-state index in [4.69, 9.17) is 14.2 Å². The van der Waals surface area contributed by atoms with Crippen LogP contribution in [-0.2, 0) is 19.0 Å². The Hall–Kier alpha value is -2.23. The molecule has 4 atom stereocenters. The van der Waals surface area contributed by atoms with Gasteiger partial charge in [-0.05, 0) is 18.6 Å². The predicted octanol–water partition coefficient (Wildman–Crippen LogP) is 2.00. The lowest BCUT2D eigenvalue weighted by Crippen LogP contribution is -2.44. The van der Waals surface area contributed by atoms with Crippen LogP contribution < -0.4 is 10.2 Å². The highest BCUT2D eigenvalue weighted by molar-refractivity contribution is 5.90. The maximum absolute atomic E-state index is 14.9. The SMILES string of the molecule is COC1CC(OC)NC(c2ccc(N3C[C@@H](N(C)C(C)=O)OC3=O)cc2F)C1. The highest BCUT2D eigenvalue weighted by Gasteiger charge is 2.36. The van der Waals surface area contributed by atoms with Gasteiger partial charge in [0.25, 0.3) is 0 Å². The molecule has 1 aromatic rings. The van der Waals surface area contributed by atoms with Gasteiger partial charge in [-0.15, -0.1) is 0 Å². The summed E-state index contributed by atoms with van der Waals surface area (Å²) in [7, 11) is 4.78. The number of anilines is 1. The molecule has 3 unspecified atom stereocenters. The van der Waals surface area contributed by atoms with E-state index in [-0.39, 0.29) is 30.8 Å². The first-order valence-corrected chi connectivity index (χ1v) is 9.16. The second-order valence-corrected chi connectivity index (χ2v) is 7.06. The van der Waals surface area contributed by atoms with E-state index in [0.29, 0.717) is 24.1 Å². The van der Waals surface area contributed by atoms with Gasteiger partial charge in [0.05, 0.1) is 18.3 Å². The van der Waals surface area contributed by atoms with Gasteiger partial charge in [-0.1, -0.05) is 6.07 Å². The van der Waals surface area contributed by atoms with Crippen LogP contribution in [0.3, 0.4) is 0 Å². The third-order valence-electron chi connectivity index (χ3n) is 5.38. The van der Waals surface area contributed by atoms with Crippen LogP contribution in [0.1, 0.15) is 31.4 Å². The zero-order valence-corrected chi connectivity index (χ0v) is 16.5. The number of hydrogen-bond donors (Lipinski definition) is 1. The molecule has 0 aromatic heterocycles. The lowest BCUT2D eigenvalue weighted by Gasteiger charge is -2.35. The largest absolute Gasteiger partial charge is 0.423 e. The number of likely N-dealkylation sites (N-methyl/N-ethyl adjacent to an activating group) is 1. The Labute approximate surface area is 163 Å². The molecule has 28 heavy (non-hydrogen) atoms. The number of nitrogens with one attached hydrogen (secondary N) is 1. The minimum atomic E-state index is -0.697. The predicted molar refractivity (Wildman–Crippen MR) is 99.2 cm³/mol. The molecule has 0 saturated carbocycles. The van der Waals surface area contributed by atoms with Crippen LogP contribution in [-0.4, -0.2) is 63.3 Å². The van der Waals surface area contributed by atoms with Crippen molar-refractivity contribution in [1.29, 1.82) is 0 Å². The standard InChI is InChI=1S/C19H26FN3O5/c1-11(24)22(2)18-10-23(19(25)28-18)12-5-6-14(15(20)7-12)16-8-13(26-3)9-17(21-16)27-4/h5-7,13,16-18,21H,8-10H2,1-4H3/t13?,16?,17?,18-/m0/s1. The van der Waals surface area contributed by atoms with Crippen molar-refractivity contribution < 1.29 is 28.2 Å². The summed E-state index contributed by atoms with van der Waals surface area (Å²) in [6, 6.07) is 4.38. The van der Waals surface area contributed by atoms with E-state index in [1.165, 1.54) is 22.8 Å². The van der Waals surface area contributed by atoms with Crippen LogP contribution in [0, 0.1) is 5.82 Å². The third-order valence-corrected chi connectivity index (χ3v) is 5.38. The lowest BCUT2D eigenvalue weighted by atomic mass is 9.94. The molecular formula is C19H26FN3O5. The fourth-order valence-electron chi connectivity index (χ4n) is 3.56. The second kappa shape index (κ2) is 8.42. The molecule has 154 valence electrons. The Morgan fingerprint density at radius 1 is 1.32 bits per heavy atom. The fourth-order valence-corrected chi connectivity index (χ4v) is 3.56. The minimum Gasteiger partial charge on any atom is -0.423 e. The van der Waals surface area contributed by atoms with Crippen molar-refractivity contribution in [3.8, 4) is 0 Å². The molecule has 2 aliphatic rings. The molecule has 3 rings (SSSR count). The van der Waals surface area contributed by atoms with Gasteiger partial charge in [-0.2, -0.15) is 0 Å². The van der Waals surface area contributed by atoms with E-state index >= 15 is 0 Å². The van der Waals surface area contributed by atoms with Crippen molar-refractivity contribution in [1.82, 2.24) is 10.2 Å². The highest BCUT2D eigenvalue weighted by Crippen LogP contribution is 2.32. The van der Waals surface area contributed by atoms with Crippen molar-refractivity contribution in [3.63, 3.8) is 0 Å². The number of hydrogen-bond acceptors (Lipinski definition) is 6. The van der Waals surface area contributed by atoms with Gasteiger partial charge in [-0.3, -0.25) is 15.0 Å². The molecule has 2 aliphatic heterocycles. The van der Waals surface area contributed by atoms with Crippen LogP contribution >= 0.6 is 0 Å². The van der Waals surface area contributed by atoms with E-state index in [1.807, 2.05) is 0 Å². The van der Waals surface area contributed by atoms with Gasteiger partial charge in [-0.25, -0.2) is 9.18 Å². The number of benzene rings is 1. The molecule has 0 aliphatic carbocycles. The zero-order valence-electron chi connectivity index (χ0n) is 16.5. The number of nitrogens with zero attached hydrogens (tertiary/aromatic N) is 2. The Morgan fingerprint density at radius 3 is 2.68 bits per heavy atom. The number of halogens is 1. The smallest absolute Gasteiger partial charge is 0.416 e. The number of methoxy groups -OCH3 is 2. The van der Waals surface area contributed by atoms with Crippen LogP contribution in [0.25, 0.3) is 0 Å². The Morgan fingerprint density at radius 2 is 2.07 bits per heavy atom. The van der Waals surface area contributed by atoms with Gasteiger partial charge < -0.3 is 19.1 Å². The van der Waals surface area contributed by atoms with Crippen LogP contribution in [0.2, 0.25) is 0 Å². The molecule has 0 bridgehead atoms. The topological polar surface area (TPSA) is 80.3 Å². The molecule has 0 spiro atoms. The fraction of sp³-hybridized carbons (Fsp3) is 0.579. The number of piperidine rings is 1. The maximum atomic E-state index is 14.9. The molecule has 1 N–H and O–H groups in total. The monoisotopic (exact) mass is 395 g/mol. The first kappa shape index (κ1) is 20.5. The summed E-state index contributed by atoms with van der Waals surface area (Å²) in [5, 5.41) is 3.27. The summed E-state index contributed by atoms with van der Waals surface area (Å²) in [6.45, 7) is 1.54. The molecule has 2 fully saturated rings. The summed E-state index contributed by atoms with van der Waals surface area (Å²) >= 11 is 0. The van der Waals surface area contributed by atoms with Crippen LogP contribution in [0.4, 0.5) is 14.9 Å². The number of cyclic esters (lactones) is 1. The van der Waals surface area contributed by atoms with Crippen LogP contribution in [0.5, 0.6) is 0 Å². The molecule has 2 amide bonds. The van der Waals surface area contributed by atoms with E-state index in [2.05, 4.69) is 5.32 Å². The number of ether oxygens (including phenoxy) is 3. The average molecular weight is 395 g/mol. The summed E-state index contributed by atoms with van der Waals surface area (Å²) in [6.07, 6.45) is -0.263. The second-order valence-electron chi connectivity index (χ2n) is 7.06. The van der Waals surface area contributed by atoms with E-state index < -0.39 is 18.1 Å². The van der Waals surface area contributed by atoms with E-state index in [9.17, 15) is 14.0 Å². The van der Waals surface area contributed by atoms with Crippen molar-refractivity contribution in [2.24, 2.45) is 0 Å². The Balaban J connectivity index is 1.77. The first-order chi connectivity index (χ1) is 13.3. The lowest BCUT2D eigenvalue weighted by molar-refractivity contribution is -0.134. The third kappa shape index (κ3) is 4.11. The van der Waals surface area contributed by atoms with Crippen molar-refractivity contribution in [3.05, 3.63) is 29.6 Å². The molecule has 8 nitrogen and oxygen atoms in total. The summed E-state index contributed by atoms with van der Waals surface area (Å²) in [4.78, 5) is 26.3. The Kier molecular flexibility index (Phi) is 6.17. The number of carbonyl (C=O) groups is 2. The summed E-state index contributed by atoms with van der Waals surface area (Å²) in [5.74, 6) is -0.650. The van der Waals surface area contributed by atoms with Gasteiger partial charge in [0.1, 0.15) is 12.0 Å². The average Bonchev–Trinajstić information content (AvgIpc) is 3.08. The number of amides is 2. The van der Waals surface area contributed by atoms with Gasteiger partial charge in [0.15, 0.2) is 6.23 Å². The summed E-state index contributed by atoms with van der Waals surface area (Å²) < 4.78 is 30.9. The molecule has 9 heteroatoms. The quantitative estimate of drug-likeness (QED) is 0.822. The molecule has 1 aromatic carbocycles.